The zero-order chi connectivity index (χ0) is 20.3. The first kappa shape index (κ1) is 20.4. The van der Waals surface area contributed by atoms with Gasteiger partial charge in [-0.05, 0) is 31.2 Å². The van der Waals surface area contributed by atoms with Crippen LogP contribution < -0.4 is 15.1 Å². The minimum absolute atomic E-state index is 0.106. The fraction of sp³-hybridized carbons (Fsp3) is 0.316. The Bertz CT molecular complexity index is 865. The predicted molar refractivity (Wildman–Crippen MR) is 111 cm³/mol. The Kier molecular flexibility index (Phi) is 6.39. The number of nitrogens with one attached hydrogen (secondary N) is 2. The fourth-order valence-electron chi connectivity index (χ4n) is 3.42. The molecule has 2 aromatic rings. The van der Waals surface area contributed by atoms with Gasteiger partial charge in [-0.25, -0.2) is 0 Å². The van der Waals surface area contributed by atoms with Gasteiger partial charge in [0.2, 0.25) is 0 Å². The second-order valence-corrected chi connectivity index (χ2v) is 7.63. The highest BCUT2D eigenvalue weighted by atomic mass is 35.5. The van der Waals surface area contributed by atoms with Gasteiger partial charge in [0.05, 0.1) is 31.1 Å². The first-order chi connectivity index (χ1) is 13.3. The zero-order valence-electron chi connectivity index (χ0n) is 15.3. The van der Waals surface area contributed by atoms with Gasteiger partial charge in [-0.2, -0.15) is 0 Å². The number of benzene rings is 2. The molecule has 0 radical (unpaired) electrons. The maximum atomic E-state index is 12.6. The number of quaternary nitrogens is 1. The van der Waals surface area contributed by atoms with Gasteiger partial charge >= 0.3 is 0 Å². The third-order valence-electron chi connectivity index (χ3n) is 4.96. The monoisotopic (exact) mass is 423 g/mol. The van der Waals surface area contributed by atoms with Crippen LogP contribution in [-0.4, -0.2) is 43.1 Å². The molecule has 1 amide bonds. The lowest BCUT2D eigenvalue weighted by molar-refractivity contribution is -0.914. The molecular formula is C19H21Cl2N4O3+. The molecule has 1 saturated heterocycles. The number of nitro groups is 1. The van der Waals surface area contributed by atoms with Gasteiger partial charge < -0.3 is 15.1 Å². The summed E-state index contributed by atoms with van der Waals surface area (Å²) in [6.07, 6.45) is 0. The van der Waals surface area contributed by atoms with Gasteiger partial charge in [-0.15, -0.1) is 0 Å². The smallest absolute Gasteiger partial charge is 0.292 e. The number of para-hydroxylation sites is 2. The summed E-state index contributed by atoms with van der Waals surface area (Å²) >= 11 is 12.0. The molecule has 2 aromatic carbocycles. The highest BCUT2D eigenvalue weighted by Gasteiger charge is 2.31. The largest absolute Gasteiger partial charge is 0.355 e. The highest BCUT2D eigenvalue weighted by Crippen LogP contribution is 2.27. The van der Waals surface area contributed by atoms with Crippen LogP contribution in [0.3, 0.4) is 0 Å². The highest BCUT2D eigenvalue weighted by molar-refractivity contribution is 6.35. The number of piperazine rings is 1. The summed E-state index contributed by atoms with van der Waals surface area (Å²) in [4.78, 5) is 26.6. The van der Waals surface area contributed by atoms with Crippen molar-refractivity contribution >= 4 is 46.2 Å². The summed E-state index contributed by atoms with van der Waals surface area (Å²) in [7, 11) is 0. The van der Waals surface area contributed by atoms with E-state index < -0.39 is 0 Å². The topological polar surface area (TPSA) is 79.9 Å². The van der Waals surface area contributed by atoms with Crippen molar-refractivity contribution in [3.05, 3.63) is 62.6 Å². The van der Waals surface area contributed by atoms with Gasteiger partial charge in [-0.1, -0.05) is 35.3 Å². The van der Waals surface area contributed by atoms with E-state index in [9.17, 15) is 14.9 Å². The zero-order valence-corrected chi connectivity index (χ0v) is 16.8. The quantitative estimate of drug-likeness (QED) is 0.572. The molecular weight excluding hydrogens is 403 g/mol. The second-order valence-electron chi connectivity index (χ2n) is 6.76. The molecule has 0 bridgehead atoms. The first-order valence-corrected chi connectivity index (χ1v) is 9.70. The molecule has 28 heavy (non-hydrogen) atoms. The van der Waals surface area contributed by atoms with Gasteiger partial charge in [0, 0.05) is 21.8 Å². The lowest BCUT2D eigenvalue weighted by Crippen LogP contribution is -3.19. The molecule has 7 nitrogen and oxygen atoms in total. The fourth-order valence-corrected chi connectivity index (χ4v) is 3.94. The number of nitro benzene ring substituents is 1. The van der Waals surface area contributed by atoms with Crippen molar-refractivity contribution < 1.29 is 14.6 Å². The Morgan fingerprint density at radius 3 is 2.39 bits per heavy atom. The normalized spacial score (nSPS) is 15.9. The van der Waals surface area contributed by atoms with Crippen LogP contribution in [0.1, 0.15) is 6.92 Å². The average Bonchev–Trinajstić information content (AvgIpc) is 2.66. The van der Waals surface area contributed by atoms with E-state index in [-0.39, 0.29) is 22.6 Å². The predicted octanol–water partition coefficient (Wildman–Crippen LogP) is 2.63. The molecule has 1 heterocycles. The number of anilines is 2. The van der Waals surface area contributed by atoms with Gasteiger partial charge in [0.25, 0.3) is 11.6 Å². The van der Waals surface area contributed by atoms with Crippen molar-refractivity contribution in [2.75, 3.05) is 36.4 Å². The lowest BCUT2D eigenvalue weighted by Gasteiger charge is -2.35. The van der Waals surface area contributed by atoms with Gasteiger partial charge in [-0.3, -0.25) is 14.9 Å². The van der Waals surface area contributed by atoms with Crippen molar-refractivity contribution in [2.45, 2.75) is 13.0 Å². The molecule has 0 aliphatic carbocycles. The van der Waals surface area contributed by atoms with Crippen molar-refractivity contribution in [2.24, 2.45) is 0 Å². The van der Waals surface area contributed by atoms with Crippen LogP contribution in [0.25, 0.3) is 0 Å². The first-order valence-electron chi connectivity index (χ1n) is 8.95. The molecule has 9 heteroatoms. The minimum Gasteiger partial charge on any atom is -0.355 e. The number of hydrogen-bond donors (Lipinski definition) is 2. The van der Waals surface area contributed by atoms with Crippen LogP contribution in [0.2, 0.25) is 10.0 Å². The second kappa shape index (κ2) is 8.77. The summed E-state index contributed by atoms with van der Waals surface area (Å²) < 4.78 is 0. The van der Waals surface area contributed by atoms with Crippen molar-refractivity contribution in [3.63, 3.8) is 0 Å². The maximum absolute atomic E-state index is 12.6. The van der Waals surface area contributed by atoms with E-state index in [0.29, 0.717) is 47.6 Å². The number of nitrogens with zero attached hydrogens (tertiary/aromatic N) is 2. The maximum Gasteiger partial charge on any atom is 0.292 e. The van der Waals surface area contributed by atoms with E-state index in [4.69, 9.17) is 23.2 Å². The molecule has 3 rings (SSSR count). The molecule has 0 aromatic heterocycles. The number of carbonyl (C=O) groups is 1. The molecule has 1 aliphatic heterocycles. The van der Waals surface area contributed by atoms with E-state index >= 15 is 0 Å². The van der Waals surface area contributed by atoms with E-state index in [1.54, 1.807) is 36.4 Å². The van der Waals surface area contributed by atoms with Crippen LogP contribution in [-0.2, 0) is 4.79 Å². The molecule has 0 spiro atoms. The minimum atomic E-state index is -0.360. The van der Waals surface area contributed by atoms with Gasteiger partial charge in [0.1, 0.15) is 5.69 Å². The molecule has 148 valence electrons. The summed E-state index contributed by atoms with van der Waals surface area (Å²) in [6, 6.07) is 11.4. The molecule has 0 saturated carbocycles. The van der Waals surface area contributed by atoms with E-state index in [2.05, 4.69) is 5.32 Å². The molecule has 1 fully saturated rings. The Morgan fingerprint density at radius 2 is 1.79 bits per heavy atom. The Hall–Kier alpha value is -2.35. The summed E-state index contributed by atoms with van der Waals surface area (Å²) in [5, 5.41) is 15.0. The molecule has 1 aliphatic rings. The number of amides is 1. The van der Waals surface area contributed by atoms with Crippen LogP contribution in [0.5, 0.6) is 0 Å². The standard InChI is InChI=1S/C19H20Cl2N4O3/c1-13(19(26)22-16-11-14(20)10-15(21)12-16)23-6-8-24(9-7-23)17-4-2-3-5-18(17)25(27)28/h2-5,10-13H,6-9H2,1H3,(H,22,26)/p+1. The Balaban J connectivity index is 1.61. The summed E-state index contributed by atoms with van der Waals surface area (Å²) in [6.45, 7) is 4.56. The Morgan fingerprint density at radius 1 is 1.18 bits per heavy atom. The third-order valence-corrected chi connectivity index (χ3v) is 5.40. The van der Waals surface area contributed by atoms with Crippen molar-refractivity contribution in [1.82, 2.24) is 0 Å². The van der Waals surface area contributed by atoms with E-state index in [1.165, 1.54) is 6.07 Å². The van der Waals surface area contributed by atoms with Crippen LogP contribution in [0.15, 0.2) is 42.5 Å². The molecule has 1 unspecified atom stereocenters. The third kappa shape index (κ3) is 4.73. The molecule has 1 atom stereocenters. The Labute approximate surface area is 173 Å². The van der Waals surface area contributed by atoms with Crippen LogP contribution >= 0.6 is 23.2 Å². The van der Waals surface area contributed by atoms with Crippen molar-refractivity contribution in [1.29, 1.82) is 0 Å². The SMILES string of the molecule is CC(C(=O)Nc1cc(Cl)cc(Cl)c1)[NH+]1CCN(c2ccccc2[N+](=O)[O-])CC1. The van der Waals surface area contributed by atoms with Crippen molar-refractivity contribution in [3.8, 4) is 0 Å². The van der Waals surface area contributed by atoms with Crippen LogP contribution in [0, 0.1) is 10.1 Å². The average molecular weight is 424 g/mol. The van der Waals surface area contributed by atoms with Crippen LogP contribution in [0.4, 0.5) is 17.1 Å². The number of carbonyl (C=O) groups excluding carboxylic acids is 1. The molecule has 2 N–H and O–H groups in total. The number of halogens is 2. The lowest BCUT2D eigenvalue weighted by atomic mass is 10.1. The van der Waals surface area contributed by atoms with E-state index in [0.717, 1.165) is 4.90 Å². The van der Waals surface area contributed by atoms with Gasteiger partial charge in [0.15, 0.2) is 6.04 Å². The summed E-state index contributed by atoms with van der Waals surface area (Å²) in [5.41, 5.74) is 1.29. The summed E-state index contributed by atoms with van der Waals surface area (Å²) in [5.74, 6) is -0.118. The number of hydrogen-bond acceptors (Lipinski definition) is 4. The number of rotatable bonds is 5. The van der Waals surface area contributed by atoms with E-state index in [1.807, 2.05) is 11.8 Å².